The number of hydrogen-bond donors (Lipinski definition) is 0. The van der Waals surface area contributed by atoms with Crippen LogP contribution in [0.4, 0.5) is 5.69 Å². The Labute approximate surface area is 107 Å². The number of amides is 1. The van der Waals surface area contributed by atoms with Gasteiger partial charge in [0.05, 0.1) is 18.2 Å². The highest BCUT2D eigenvalue weighted by Gasteiger charge is 2.32. The molecule has 1 aliphatic heterocycles. The second-order valence-corrected chi connectivity index (χ2v) is 4.38. The molecule has 0 spiro atoms. The summed E-state index contributed by atoms with van der Waals surface area (Å²) in [6, 6.07) is 7.86. The van der Waals surface area contributed by atoms with E-state index in [0.29, 0.717) is 19.4 Å². The molecule has 1 aliphatic rings. The van der Waals surface area contributed by atoms with Gasteiger partial charge in [-0.05, 0) is 31.0 Å². The van der Waals surface area contributed by atoms with Gasteiger partial charge in [0, 0.05) is 6.54 Å². The van der Waals surface area contributed by atoms with Gasteiger partial charge in [0.1, 0.15) is 5.75 Å². The van der Waals surface area contributed by atoms with E-state index in [2.05, 4.69) is 6.07 Å². The quantitative estimate of drug-likeness (QED) is 0.820. The zero-order chi connectivity index (χ0) is 13.1. The number of fused-ring (bicyclic) bond motifs is 1. The molecule has 2 rings (SSSR count). The maximum atomic E-state index is 12.2. The van der Waals surface area contributed by atoms with Gasteiger partial charge in [-0.3, -0.25) is 4.79 Å². The maximum absolute atomic E-state index is 12.2. The molecule has 4 heteroatoms. The lowest BCUT2D eigenvalue weighted by molar-refractivity contribution is -0.126. The number of anilines is 1. The van der Waals surface area contributed by atoms with Crippen LogP contribution in [0.5, 0.6) is 5.75 Å². The number of aryl methyl sites for hydroxylation is 1. The molecule has 0 bridgehead atoms. The van der Waals surface area contributed by atoms with Gasteiger partial charge in [-0.2, -0.15) is 5.26 Å². The Bertz CT molecular complexity index is 505. The van der Waals surface area contributed by atoms with Crippen LogP contribution in [-0.4, -0.2) is 18.6 Å². The summed E-state index contributed by atoms with van der Waals surface area (Å²) in [6.07, 6.45) is 0.531. The first-order valence-electron chi connectivity index (χ1n) is 6.13. The van der Waals surface area contributed by atoms with Crippen molar-refractivity contribution in [1.82, 2.24) is 0 Å². The highest BCUT2D eigenvalue weighted by molar-refractivity contribution is 6.00. The van der Waals surface area contributed by atoms with Crippen LogP contribution in [0.25, 0.3) is 0 Å². The summed E-state index contributed by atoms with van der Waals surface area (Å²) in [5.41, 5.74) is 1.85. The van der Waals surface area contributed by atoms with E-state index in [1.807, 2.05) is 32.0 Å². The fourth-order valence-electron chi connectivity index (χ4n) is 2.08. The van der Waals surface area contributed by atoms with Crippen LogP contribution in [0.2, 0.25) is 0 Å². The molecule has 1 atom stereocenters. The number of nitrogens with zero attached hydrogens (tertiary/aromatic N) is 2. The van der Waals surface area contributed by atoms with Gasteiger partial charge in [-0.25, -0.2) is 0 Å². The van der Waals surface area contributed by atoms with E-state index >= 15 is 0 Å². The number of carbonyl (C=O) groups is 1. The lowest BCUT2D eigenvalue weighted by atomic mass is 10.1. The molecular weight excluding hydrogens is 228 g/mol. The molecular formula is C14H16N2O2. The second-order valence-electron chi connectivity index (χ2n) is 4.38. The van der Waals surface area contributed by atoms with Crippen molar-refractivity contribution in [3.8, 4) is 11.8 Å². The number of nitriles is 1. The summed E-state index contributed by atoms with van der Waals surface area (Å²) in [6.45, 7) is 4.31. The Hall–Kier alpha value is -2.02. The molecule has 18 heavy (non-hydrogen) atoms. The lowest BCUT2D eigenvalue weighted by Crippen LogP contribution is -2.46. The Morgan fingerprint density at radius 2 is 2.28 bits per heavy atom. The Balaban J connectivity index is 2.39. The van der Waals surface area contributed by atoms with Crippen molar-refractivity contribution < 1.29 is 9.53 Å². The first-order valence-corrected chi connectivity index (χ1v) is 6.13. The Morgan fingerprint density at radius 3 is 2.94 bits per heavy atom. The smallest absolute Gasteiger partial charge is 0.268 e. The average Bonchev–Trinajstić information content (AvgIpc) is 2.37. The van der Waals surface area contributed by atoms with E-state index in [0.717, 1.165) is 17.0 Å². The third-order valence-corrected chi connectivity index (χ3v) is 3.03. The van der Waals surface area contributed by atoms with Gasteiger partial charge < -0.3 is 9.64 Å². The minimum atomic E-state index is -0.432. The topological polar surface area (TPSA) is 53.3 Å². The normalized spacial score (nSPS) is 17.9. The SMILES string of the molecule is CCC1Oc2ccc(C)cc2N(CCC#N)C1=O. The lowest BCUT2D eigenvalue weighted by Gasteiger charge is -2.33. The maximum Gasteiger partial charge on any atom is 0.268 e. The third-order valence-electron chi connectivity index (χ3n) is 3.03. The number of benzene rings is 1. The molecule has 0 saturated carbocycles. The van der Waals surface area contributed by atoms with E-state index in [9.17, 15) is 4.79 Å². The molecule has 0 aromatic heterocycles. The van der Waals surface area contributed by atoms with Crippen LogP contribution < -0.4 is 9.64 Å². The minimum absolute atomic E-state index is 0.0501. The van der Waals surface area contributed by atoms with Crippen LogP contribution in [0, 0.1) is 18.3 Å². The predicted molar refractivity (Wildman–Crippen MR) is 68.5 cm³/mol. The van der Waals surface area contributed by atoms with Crippen LogP contribution >= 0.6 is 0 Å². The fourth-order valence-corrected chi connectivity index (χ4v) is 2.08. The average molecular weight is 244 g/mol. The van der Waals surface area contributed by atoms with Gasteiger partial charge in [0.2, 0.25) is 0 Å². The molecule has 0 radical (unpaired) electrons. The monoisotopic (exact) mass is 244 g/mol. The molecule has 1 aromatic rings. The number of carbonyl (C=O) groups excluding carboxylic acids is 1. The molecule has 1 heterocycles. The van der Waals surface area contributed by atoms with E-state index < -0.39 is 6.10 Å². The molecule has 1 aromatic carbocycles. The summed E-state index contributed by atoms with van der Waals surface area (Å²) < 4.78 is 5.68. The van der Waals surface area contributed by atoms with Crippen molar-refractivity contribution in [2.45, 2.75) is 32.8 Å². The molecule has 0 N–H and O–H groups in total. The number of hydrogen-bond acceptors (Lipinski definition) is 3. The number of rotatable bonds is 3. The second kappa shape index (κ2) is 5.09. The predicted octanol–water partition coefficient (Wildman–Crippen LogP) is 2.41. The summed E-state index contributed by atoms with van der Waals surface area (Å²) in [5, 5.41) is 8.69. The van der Waals surface area contributed by atoms with Crippen molar-refractivity contribution in [1.29, 1.82) is 5.26 Å². The van der Waals surface area contributed by atoms with Crippen molar-refractivity contribution in [2.24, 2.45) is 0 Å². The zero-order valence-electron chi connectivity index (χ0n) is 10.6. The van der Waals surface area contributed by atoms with E-state index in [1.54, 1.807) is 4.90 Å². The summed E-state index contributed by atoms with van der Waals surface area (Å²) in [7, 11) is 0. The minimum Gasteiger partial charge on any atom is -0.478 e. The standard InChI is InChI=1S/C14H16N2O2/c1-3-12-14(17)16(8-4-7-15)11-9-10(2)5-6-13(11)18-12/h5-6,9,12H,3-4,8H2,1-2H3. The molecule has 1 amide bonds. The molecule has 0 fully saturated rings. The number of ether oxygens (including phenoxy) is 1. The summed E-state index contributed by atoms with van der Waals surface area (Å²) in [5.74, 6) is 0.677. The van der Waals surface area contributed by atoms with Gasteiger partial charge >= 0.3 is 0 Å². The van der Waals surface area contributed by atoms with Gasteiger partial charge in [0.25, 0.3) is 5.91 Å². The fraction of sp³-hybridized carbons (Fsp3) is 0.429. The van der Waals surface area contributed by atoms with Gasteiger partial charge in [-0.15, -0.1) is 0 Å². The van der Waals surface area contributed by atoms with Crippen LogP contribution in [-0.2, 0) is 4.79 Å². The van der Waals surface area contributed by atoms with Crippen molar-refractivity contribution in [2.75, 3.05) is 11.4 Å². The van der Waals surface area contributed by atoms with Crippen LogP contribution in [0.1, 0.15) is 25.3 Å². The van der Waals surface area contributed by atoms with Crippen LogP contribution in [0.15, 0.2) is 18.2 Å². The van der Waals surface area contributed by atoms with Crippen molar-refractivity contribution in [3.05, 3.63) is 23.8 Å². The summed E-state index contributed by atoms with van der Waals surface area (Å²) in [4.78, 5) is 13.9. The van der Waals surface area contributed by atoms with Gasteiger partial charge in [0.15, 0.2) is 6.10 Å². The largest absolute Gasteiger partial charge is 0.478 e. The highest BCUT2D eigenvalue weighted by atomic mass is 16.5. The van der Waals surface area contributed by atoms with E-state index in [1.165, 1.54) is 0 Å². The van der Waals surface area contributed by atoms with Crippen molar-refractivity contribution >= 4 is 11.6 Å². The first-order chi connectivity index (χ1) is 8.67. The zero-order valence-corrected chi connectivity index (χ0v) is 10.6. The summed E-state index contributed by atoms with van der Waals surface area (Å²) >= 11 is 0. The first kappa shape index (κ1) is 12.4. The Kier molecular flexibility index (Phi) is 3.52. The van der Waals surface area contributed by atoms with Crippen LogP contribution in [0.3, 0.4) is 0 Å². The van der Waals surface area contributed by atoms with E-state index in [-0.39, 0.29) is 5.91 Å². The van der Waals surface area contributed by atoms with E-state index in [4.69, 9.17) is 10.00 Å². The molecule has 0 aliphatic carbocycles. The van der Waals surface area contributed by atoms with Crippen molar-refractivity contribution in [3.63, 3.8) is 0 Å². The molecule has 4 nitrogen and oxygen atoms in total. The Morgan fingerprint density at radius 1 is 1.50 bits per heavy atom. The highest BCUT2D eigenvalue weighted by Crippen LogP contribution is 2.35. The molecule has 1 unspecified atom stereocenters. The third kappa shape index (κ3) is 2.17. The molecule has 94 valence electrons. The van der Waals surface area contributed by atoms with Gasteiger partial charge in [-0.1, -0.05) is 13.0 Å². The molecule has 0 saturated heterocycles.